The summed E-state index contributed by atoms with van der Waals surface area (Å²) in [6.45, 7) is 3.52. The second-order valence-corrected chi connectivity index (χ2v) is 4.93. The molecule has 1 rings (SSSR count). The predicted octanol–water partition coefficient (Wildman–Crippen LogP) is 2.42. The first-order valence-electron chi connectivity index (χ1n) is 5.64. The van der Waals surface area contributed by atoms with Crippen LogP contribution in [0.2, 0.25) is 0 Å². The summed E-state index contributed by atoms with van der Waals surface area (Å²) in [6, 6.07) is 6.20. The van der Waals surface area contributed by atoms with E-state index in [1.165, 1.54) is 0 Å². The summed E-state index contributed by atoms with van der Waals surface area (Å²) >= 11 is 3.31. The van der Waals surface area contributed by atoms with Crippen molar-refractivity contribution in [3.8, 4) is 0 Å². The van der Waals surface area contributed by atoms with E-state index in [1.807, 2.05) is 6.07 Å². The smallest absolute Gasteiger partial charge is 0.326 e. The van der Waals surface area contributed by atoms with Crippen LogP contribution in [-0.2, 0) is 10.1 Å². The van der Waals surface area contributed by atoms with Crippen LogP contribution < -0.4 is 5.32 Å². The number of rotatable bonds is 5. The minimum absolute atomic E-state index is 0.161. The molecule has 0 radical (unpaired) electrons. The Hall–Kier alpha value is -1.36. The minimum atomic E-state index is -1.02. The average molecular weight is 314 g/mol. The van der Waals surface area contributed by atoms with Gasteiger partial charge < -0.3 is 10.4 Å². The number of hydrogen-bond donors (Lipinski definition) is 2. The molecule has 1 amide bonds. The molecule has 0 fully saturated rings. The second kappa shape index (κ2) is 6.54. The maximum Gasteiger partial charge on any atom is 0.326 e. The van der Waals surface area contributed by atoms with Crippen LogP contribution in [0.4, 0.5) is 0 Å². The summed E-state index contributed by atoms with van der Waals surface area (Å²) in [7, 11) is 0. The molecule has 0 aliphatic carbocycles. The third kappa shape index (κ3) is 3.84. The molecule has 98 valence electrons. The van der Waals surface area contributed by atoms with Gasteiger partial charge in [-0.1, -0.05) is 41.9 Å². The van der Waals surface area contributed by atoms with Gasteiger partial charge in [-0.15, -0.1) is 0 Å². The maximum absolute atomic E-state index is 11.9. The molecular formula is C13H16BrNO3. The molecule has 2 N–H and O–H groups in total. The lowest BCUT2D eigenvalue weighted by Gasteiger charge is -2.18. The average Bonchev–Trinajstić information content (AvgIpc) is 2.34. The first-order chi connectivity index (χ1) is 8.45. The molecule has 0 saturated heterocycles. The zero-order valence-corrected chi connectivity index (χ0v) is 11.9. The zero-order valence-electron chi connectivity index (χ0n) is 10.3. The summed E-state index contributed by atoms with van der Waals surface area (Å²) in [4.78, 5) is 23.0. The maximum atomic E-state index is 11.9. The molecule has 0 aliphatic rings. The van der Waals surface area contributed by atoms with Gasteiger partial charge in [0.1, 0.15) is 6.04 Å². The summed E-state index contributed by atoms with van der Waals surface area (Å²) in [6.07, 6.45) is 0. The summed E-state index contributed by atoms with van der Waals surface area (Å²) in [5.74, 6) is -1.54. The van der Waals surface area contributed by atoms with E-state index in [4.69, 9.17) is 5.11 Å². The van der Waals surface area contributed by atoms with E-state index in [2.05, 4.69) is 21.2 Å². The van der Waals surface area contributed by atoms with Gasteiger partial charge in [0.25, 0.3) is 5.91 Å². The number of carboxylic acids is 1. The van der Waals surface area contributed by atoms with E-state index >= 15 is 0 Å². The monoisotopic (exact) mass is 313 g/mol. The van der Waals surface area contributed by atoms with Crippen molar-refractivity contribution in [1.82, 2.24) is 5.32 Å². The number of aliphatic carboxylic acids is 1. The van der Waals surface area contributed by atoms with Gasteiger partial charge in [0.15, 0.2) is 0 Å². The van der Waals surface area contributed by atoms with Crippen molar-refractivity contribution in [3.05, 3.63) is 35.4 Å². The Bertz CT molecular complexity index is 446. The molecule has 0 bridgehead atoms. The number of alkyl halides is 1. The SMILES string of the molecule is CC(C)[C@H](NC(=O)c1cccc(CBr)c1)C(=O)O. The summed E-state index contributed by atoms with van der Waals surface area (Å²) < 4.78 is 0. The van der Waals surface area contributed by atoms with E-state index in [9.17, 15) is 9.59 Å². The molecule has 0 heterocycles. The van der Waals surface area contributed by atoms with Crippen LogP contribution in [0.1, 0.15) is 29.8 Å². The Morgan fingerprint density at radius 3 is 2.56 bits per heavy atom. The number of nitrogens with one attached hydrogen (secondary N) is 1. The molecule has 1 aromatic carbocycles. The van der Waals surface area contributed by atoms with Crippen LogP contribution in [0, 0.1) is 5.92 Å². The number of halogens is 1. The van der Waals surface area contributed by atoms with Crippen molar-refractivity contribution in [2.75, 3.05) is 0 Å². The number of benzene rings is 1. The fourth-order valence-corrected chi connectivity index (χ4v) is 1.88. The van der Waals surface area contributed by atoms with Crippen molar-refractivity contribution in [3.63, 3.8) is 0 Å². The number of carbonyl (C=O) groups is 2. The largest absolute Gasteiger partial charge is 0.480 e. The van der Waals surface area contributed by atoms with Gasteiger partial charge in [0.05, 0.1) is 0 Å². The minimum Gasteiger partial charge on any atom is -0.480 e. The highest BCUT2D eigenvalue weighted by atomic mass is 79.9. The van der Waals surface area contributed by atoms with Crippen LogP contribution >= 0.6 is 15.9 Å². The third-order valence-corrected chi connectivity index (χ3v) is 3.21. The van der Waals surface area contributed by atoms with Crippen LogP contribution in [0.15, 0.2) is 24.3 Å². The Labute approximate surface area is 115 Å². The van der Waals surface area contributed by atoms with E-state index in [0.717, 1.165) is 5.56 Å². The van der Waals surface area contributed by atoms with E-state index in [-0.39, 0.29) is 11.8 Å². The lowest BCUT2D eigenvalue weighted by atomic mass is 10.0. The van der Waals surface area contributed by atoms with Crippen LogP contribution in [0.5, 0.6) is 0 Å². The zero-order chi connectivity index (χ0) is 13.7. The summed E-state index contributed by atoms with van der Waals surface area (Å²) in [5, 5.41) is 12.2. The third-order valence-electron chi connectivity index (χ3n) is 2.56. The highest BCUT2D eigenvalue weighted by Crippen LogP contribution is 2.10. The fraction of sp³-hybridized carbons (Fsp3) is 0.385. The molecule has 0 aromatic heterocycles. The second-order valence-electron chi connectivity index (χ2n) is 4.37. The number of amides is 1. The number of carboxylic acid groups (broad SMARTS) is 1. The molecule has 1 aromatic rings. The quantitative estimate of drug-likeness (QED) is 0.820. The van der Waals surface area contributed by atoms with Gasteiger partial charge in [0, 0.05) is 10.9 Å². The molecule has 0 unspecified atom stereocenters. The van der Waals surface area contributed by atoms with Gasteiger partial charge in [-0.3, -0.25) is 4.79 Å². The standard InChI is InChI=1S/C13H16BrNO3/c1-8(2)11(13(17)18)15-12(16)10-5-3-4-9(6-10)7-14/h3-6,8,11H,7H2,1-2H3,(H,15,16)(H,17,18)/t11-/m0/s1. The first kappa shape index (κ1) is 14.7. The molecule has 18 heavy (non-hydrogen) atoms. The Morgan fingerprint density at radius 1 is 1.39 bits per heavy atom. The van der Waals surface area contributed by atoms with Crippen molar-refractivity contribution in [1.29, 1.82) is 0 Å². The molecular weight excluding hydrogens is 298 g/mol. The highest BCUT2D eigenvalue weighted by molar-refractivity contribution is 9.08. The normalized spacial score (nSPS) is 12.2. The van der Waals surface area contributed by atoms with Gasteiger partial charge >= 0.3 is 5.97 Å². The van der Waals surface area contributed by atoms with Crippen molar-refractivity contribution in [2.24, 2.45) is 5.92 Å². The van der Waals surface area contributed by atoms with E-state index in [0.29, 0.717) is 10.9 Å². The molecule has 4 nitrogen and oxygen atoms in total. The number of hydrogen-bond acceptors (Lipinski definition) is 2. The van der Waals surface area contributed by atoms with Gasteiger partial charge in [-0.05, 0) is 23.6 Å². The Kier molecular flexibility index (Phi) is 5.34. The molecule has 0 aliphatic heterocycles. The Morgan fingerprint density at radius 2 is 2.06 bits per heavy atom. The van der Waals surface area contributed by atoms with Crippen LogP contribution in [-0.4, -0.2) is 23.0 Å². The molecule has 5 heteroatoms. The fourth-order valence-electron chi connectivity index (χ4n) is 1.53. The van der Waals surface area contributed by atoms with Crippen LogP contribution in [0.25, 0.3) is 0 Å². The predicted molar refractivity (Wildman–Crippen MR) is 72.8 cm³/mol. The molecule has 0 saturated carbocycles. The molecule has 0 spiro atoms. The van der Waals surface area contributed by atoms with Gasteiger partial charge in [-0.25, -0.2) is 4.79 Å². The summed E-state index contributed by atoms with van der Waals surface area (Å²) in [5.41, 5.74) is 1.44. The van der Waals surface area contributed by atoms with Crippen LogP contribution in [0.3, 0.4) is 0 Å². The lowest BCUT2D eigenvalue weighted by Crippen LogP contribution is -2.44. The lowest BCUT2D eigenvalue weighted by molar-refractivity contribution is -0.140. The van der Waals surface area contributed by atoms with Gasteiger partial charge in [0.2, 0.25) is 0 Å². The topological polar surface area (TPSA) is 66.4 Å². The van der Waals surface area contributed by atoms with Crippen molar-refractivity contribution >= 4 is 27.8 Å². The number of carbonyl (C=O) groups excluding carboxylic acids is 1. The van der Waals surface area contributed by atoms with E-state index in [1.54, 1.807) is 32.0 Å². The van der Waals surface area contributed by atoms with Crippen molar-refractivity contribution < 1.29 is 14.7 Å². The molecule has 1 atom stereocenters. The van der Waals surface area contributed by atoms with Gasteiger partial charge in [-0.2, -0.15) is 0 Å². The highest BCUT2D eigenvalue weighted by Gasteiger charge is 2.23. The first-order valence-corrected chi connectivity index (χ1v) is 6.76. The van der Waals surface area contributed by atoms with Crippen molar-refractivity contribution in [2.45, 2.75) is 25.2 Å². The van der Waals surface area contributed by atoms with E-state index < -0.39 is 12.0 Å². The Balaban J connectivity index is 2.83.